The van der Waals surface area contributed by atoms with E-state index in [4.69, 9.17) is 0 Å². The molecule has 1 aliphatic rings. The third-order valence-electron chi connectivity index (χ3n) is 4.10. The van der Waals surface area contributed by atoms with Gasteiger partial charge in [0.25, 0.3) is 5.91 Å². The molecule has 1 amide bonds. The number of pyridine rings is 1. The maximum atomic E-state index is 12.6. The summed E-state index contributed by atoms with van der Waals surface area (Å²) in [4.78, 5) is 30.1. The van der Waals surface area contributed by atoms with Crippen LogP contribution in [0.3, 0.4) is 0 Å². The van der Waals surface area contributed by atoms with Gasteiger partial charge in [-0.2, -0.15) is 0 Å². The van der Waals surface area contributed by atoms with E-state index in [0.717, 1.165) is 11.2 Å². The topological polar surface area (TPSA) is 53.2 Å². The second kappa shape index (κ2) is 4.84. The molecule has 108 valence electrons. The normalized spacial score (nSPS) is 13.4. The average Bonchev–Trinajstić information content (AvgIpc) is 2.99. The highest BCUT2D eigenvalue weighted by Gasteiger charge is 2.27. The van der Waals surface area contributed by atoms with E-state index in [2.05, 4.69) is 4.98 Å². The average molecular weight is 290 g/mol. The standard InChI is InChI=1S/C18H14N2O2/c21-17-13-8-4-5-9-15(13)19-16-11-20(10-14(16)17)18(22)12-6-2-1-3-7-12/h1-9H,10-11H2,(H,19,21). The lowest BCUT2D eigenvalue weighted by Crippen LogP contribution is -2.25. The highest BCUT2D eigenvalue weighted by Crippen LogP contribution is 2.22. The Bertz CT molecular complexity index is 929. The summed E-state index contributed by atoms with van der Waals surface area (Å²) in [5.74, 6) is -0.0475. The Morgan fingerprint density at radius 3 is 2.50 bits per heavy atom. The number of carbonyl (C=O) groups excluding carboxylic acids is 1. The Morgan fingerprint density at radius 2 is 1.68 bits per heavy atom. The number of aromatic amines is 1. The van der Waals surface area contributed by atoms with Crippen LogP contribution in [0.15, 0.2) is 59.4 Å². The van der Waals surface area contributed by atoms with Crippen molar-refractivity contribution in [2.75, 3.05) is 0 Å². The van der Waals surface area contributed by atoms with Gasteiger partial charge in [0.15, 0.2) is 5.43 Å². The van der Waals surface area contributed by atoms with E-state index in [1.165, 1.54) is 0 Å². The molecule has 0 bridgehead atoms. The highest BCUT2D eigenvalue weighted by molar-refractivity contribution is 5.94. The molecular formula is C18H14N2O2. The van der Waals surface area contributed by atoms with Gasteiger partial charge in [-0.3, -0.25) is 9.59 Å². The van der Waals surface area contributed by atoms with Crippen LogP contribution in [0.4, 0.5) is 0 Å². The van der Waals surface area contributed by atoms with Gasteiger partial charge in [0.1, 0.15) is 0 Å². The van der Waals surface area contributed by atoms with Gasteiger partial charge >= 0.3 is 0 Å². The summed E-state index contributed by atoms with van der Waals surface area (Å²) in [6.45, 7) is 0.812. The molecule has 0 unspecified atom stereocenters. The lowest BCUT2D eigenvalue weighted by atomic mass is 10.1. The zero-order chi connectivity index (χ0) is 15.1. The van der Waals surface area contributed by atoms with E-state index in [0.29, 0.717) is 29.6 Å². The predicted octanol–water partition coefficient (Wildman–Crippen LogP) is 2.68. The Labute approximate surface area is 127 Å². The first-order chi connectivity index (χ1) is 10.7. The van der Waals surface area contributed by atoms with E-state index < -0.39 is 0 Å². The fourth-order valence-electron chi connectivity index (χ4n) is 2.97. The summed E-state index contributed by atoms with van der Waals surface area (Å²) in [6.07, 6.45) is 0. The number of carbonyl (C=O) groups is 1. The number of nitrogens with zero attached hydrogens (tertiary/aromatic N) is 1. The monoisotopic (exact) mass is 290 g/mol. The minimum atomic E-state index is -0.0475. The third kappa shape index (κ3) is 1.92. The van der Waals surface area contributed by atoms with Crippen LogP contribution in [0.25, 0.3) is 10.9 Å². The molecule has 0 radical (unpaired) electrons. The lowest BCUT2D eigenvalue weighted by Gasteiger charge is -2.14. The molecule has 0 atom stereocenters. The SMILES string of the molecule is O=C(c1ccccc1)N1Cc2[nH]c3ccccc3c(=O)c2C1. The molecule has 22 heavy (non-hydrogen) atoms. The zero-order valence-electron chi connectivity index (χ0n) is 11.9. The largest absolute Gasteiger partial charge is 0.356 e. The zero-order valence-corrected chi connectivity index (χ0v) is 11.9. The second-order valence-electron chi connectivity index (χ2n) is 5.48. The summed E-state index contributed by atoms with van der Waals surface area (Å²) in [6, 6.07) is 16.6. The van der Waals surface area contributed by atoms with Crippen LogP contribution in [0.1, 0.15) is 21.6 Å². The smallest absolute Gasteiger partial charge is 0.254 e. The van der Waals surface area contributed by atoms with Crippen molar-refractivity contribution in [1.82, 2.24) is 9.88 Å². The van der Waals surface area contributed by atoms with Gasteiger partial charge in [-0.1, -0.05) is 30.3 Å². The van der Waals surface area contributed by atoms with Crippen molar-refractivity contribution in [2.24, 2.45) is 0 Å². The van der Waals surface area contributed by atoms with Gasteiger partial charge in [0.2, 0.25) is 0 Å². The van der Waals surface area contributed by atoms with Gasteiger partial charge in [0, 0.05) is 27.7 Å². The van der Waals surface area contributed by atoms with E-state index in [1.807, 2.05) is 42.5 Å². The number of H-pyrrole nitrogens is 1. The maximum Gasteiger partial charge on any atom is 0.254 e. The number of nitrogens with one attached hydrogen (secondary N) is 1. The third-order valence-corrected chi connectivity index (χ3v) is 4.10. The summed E-state index contributed by atoms with van der Waals surface area (Å²) in [7, 11) is 0. The van der Waals surface area contributed by atoms with Crippen LogP contribution >= 0.6 is 0 Å². The number of amides is 1. The van der Waals surface area contributed by atoms with Crippen LogP contribution < -0.4 is 5.43 Å². The van der Waals surface area contributed by atoms with Crippen molar-refractivity contribution in [3.05, 3.63) is 81.6 Å². The lowest BCUT2D eigenvalue weighted by molar-refractivity contribution is 0.0750. The molecule has 0 aliphatic carbocycles. The minimum absolute atomic E-state index is 0.0210. The van der Waals surface area contributed by atoms with Gasteiger partial charge in [-0.15, -0.1) is 0 Å². The first kappa shape index (κ1) is 12.8. The molecule has 1 aliphatic heterocycles. The van der Waals surface area contributed by atoms with Crippen LogP contribution in [-0.4, -0.2) is 15.8 Å². The van der Waals surface area contributed by atoms with E-state index in [1.54, 1.807) is 17.0 Å². The maximum absolute atomic E-state index is 12.6. The molecule has 0 saturated heterocycles. The van der Waals surface area contributed by atoms with Crippen LogP contribution in [0, 0.1) is 0 Å². The summed E-state index contributed by atoms with van der Waals surface area (Å²) >= 11 is 0. The highest BCUT2D eigenvalue weighted by atomic mass is 16.2. The Balaban J connectivity index is 1.74. The van der Waals surface area contributed by atoms with Crippen molar-refractivity contribution in [1.29, 1.82) is 0 Å². The van der Waals surface area contributed by atoms with Crippen molar-refractivity contribution in [2.45, 2.75) is 13.1 Å². The van der Waals surface area contributed by atoms with Crippen molar-refractivity contribution in [3.8, 4) is 0 Å². The molecule has 4 rings (SSSR count). The number of hydrogen-bond acceptors (Lipinski definition) is 2. The van der Waals surface area contributed by atoms with E-state index in [-0.39, 0.29) is 11.3 Å². The van der Waals surface area contributed by atoms with Gasteiger partial charge in [-0.05, 0) is 24.3 Å². The first-order valence-corrected chi connectivity index (χ1v) is 7.21. The van der Waals surface area contributed by atoms with Crippen LogP contribution in [0.5, 0.6) is 0 Å². The van der Waals surface area contributed by atoms with Crippen LogP contribution in [-0.2, 0) is 13.1 Å². The number of rotatable bonds is 1. The van der Waals surface area contributed by atoms with Gasteiger partial charge in [0.05, 0.1) is 13.1 Å². The minimum Gasteiger partial charge on any atom is -0.356 e. The van der Waals surface area contributed by atoms with Crippen molar-refractivity contribution >= 4 is 16.8 Å². The predicted molar refractivity (Wildman–Crippen MR) is 84.6 cm³/mol. The number of benzene rings is 2. The Hall–Kier alpha value is -2.88. The first-order valence-electron chi connectivity index (χ1n) is 7.21. The number of hydrogen-bond donors (Lipinski definition) is 1. The fraction of sp³-hybridized carbons (Fsp3) is 0.111. The quantitative estimate of drug-likeness (QED) is 0.749. The molecular weight excluding hydrogens is 276 g/mol. The Morgan fingerprint density at radius 1 is 0.955 bits per heavy atom. The molecule has 4 heteroatoms. The van der Waals surface area contributed by atoms with Crippen LogP contribution in [0.2, 0.25) is 0 Å². The molecule has 0 spiro atoms. The molecule has 2 aromatic carbocycles. The molecule has 0 saturated carbocycles. The number of aromatic nitrogens is 1. The molecule has 2 heterocycles. The molecule has 1 aromatic heterocycles. The summed E-state index contributed by atoms with van der Waals surface area (Å²) < 4.78 is 0. The molecule has 4 nitrogen and oxygen atoms in total. The van der Waals surface area contributed by atoms with E-state index in [9.17, 15) is 9.59 Å². The Kier molecular flexibility index (Phi) is 2.82. The fourth-order valence-corrected chi connectivity index (χ4v) is 2.97. The molecule has 1 N–H and O–H groups in total. The van der Waals surface area contributed by atoms with Crippen molar-refractivity contribution < 1.29 is 4.79 Å². The van der Waals surface area contributed by atoms with Crippen molar-refractivity contribution in [3.63, 3.8) is 0 Å². The summed E-state index contributed by atoms with van der Waals surface area (Å²) in [5.41, 5.74) is 3.02. The van der Waals surface area contributed by atoms with E-state index >= 15 is 0 Å². The van der Waals surface area contributed by atoms with Gasteiger partial charge in [-0.25, -0.2) is 0 Å². The molecule has 3 aromatic rings. The number of para-hydroxylation sites is 1. The second-order valence-corrected chi connectivity index (χ2v) is 5.48. The van der Waals surface area contributed by atoms with Gasteiger partial charge < -0.3 is 9.88 Å². The molecule has 0 fully saturated rings. The number of fused-ring (bicyclic) bond motifs is 2. The summed E-state index contributed by atoms with van der Waals surface area (Å²) in [5, 5.41) is 0.676.